The Morgan fingerprint density at radius 1 is 1.67 bits per heavy atom. The lowest BCUT2D eigenvalue weighted by Gasteiger charge is -2.18. The predicted octanol–water partition coefficient (Wildman–Crippen LogP) is -0.111. The molecule has 0 aromatic heterocycles. The van der Waals surface area contributed by atoms with Crippen molar-refractivity contribution in [2.24, 2.45) is 0 Å². The van der Waals surface area contributed by atoms with Crippen LogP contribution >= 0.6 is 0 Å². The summed E-state index contributed by atoms with van der Waals surface area (Å²) in [6.07, 6.45) is 3.49. The fourth-order valence-corrected chi connectivity index (χ4v) is 1.76. The van der Waals surface area contributed by atoms with E-state index in [0.29, 0.717) is 25.7 Å². The first-order chi connectivity index (χ1) is 8.58. The topological polar surface area (TPSA) is 84.5 Å². The third-order valence-electron chi connectivity index (χ3n) is 2.77. The average Bonchev–Trinajstić information content (AvgIpc) is 2.80. The number of carbonyl (C=O) groups excluding carboxylic acids is 3. The van der Waals surface area contributed by atoms with Gasteiger partial charge >= 0.3 is 5.97 Å². The third kappa shape index (κ3) is 3.87. The molecule has 1 heterocycles. The Balaban J connectivity index is 2.53. The number of methoxy groups -OCH3 is 1. The lowest BCUT2D eigenvalue weighted by molar-refractivity contribution is -0.145. The second-order valence-corrected chi connectivity index (χ2v) is 4.11. The van der Waals surface area contributed by atoms with Gasteiger partial charge in [-0.05, 0) is 19.3 Å². The minimum Gasteiger partial charge on any atom is -0.467 e. The number of ether oxygens (including phenoxy) is 1. The van der Waals surface area contributed by atoms with Gasteiger partial charge in [-0.2, -0.15) is 0 Å². The summed E-state index contributed by atoms with van der Waals surface area (Å²) in [5.41, 5.74) is 0. The van der Waals surface area contributed by atoms with Gasteiger partial charge in [0.2, 0.25) is 11.8 Å². The largest absolute Gasteiger partial charge is 0.467 e. The van der Waals surface area contributed by atoms with Crippen LogP contribution in [0, 0.1) is 0 Å². The zero-order valence-corrected chi connectivity index (χ0v) is 10.4. The third-order valence-corrected chi connectivity index (χ3v) is 2.77. The molecule has 18 heavy (non-hydrogen) atoms. The first kappa shape index (κ1) is 14.2. The molecule has 0 aromatic rings. The molecular formula is C12H18N2O4. The summed E-state index contributed by atoms with van der Waals surface area (Å²) in [5, 5.41) is 5.14. The number of carbonyl (C=O) groups is 3. The van der Waals surface area contributed by atoms with Gasteiger partial charge in [0.15, 0.2) is 0 Å². The summed E-state index contributed by atoms with van der Waals surface area (Å²) in [6.45, 7) is 3.56. The van der Waals surface area contributed by atoms with Gasteiger partial charge in [0.05, 0.1) is 7.11 Å². The molecule has 1 aliphatic heterocycles. The van der Waals surface area contributed by atoms with Crippen molar-refractivity contribution >= 4 is 17.8 Å². The second-order valence-electron chi connectivity index (χ2n) is 4.11. The minimum atomic E-state index is -0.696. The van der Waals surface area contributed by atoms with Gasteiger partial charge in [-0.1, -0.05) is 6.08 Å². The molecule has 2 atom stereocenters. The van der Waals surface area contributed by atoms with Crippen molar-refractivity contribution in [1.29, 1.82) is 0 Å². The van der Waals surface area contributed by atoms with Crippen LogP contribution in [0.25, 0.3) is 0 Å². The molecule has 2 amide bonds. The number of hydrogen-bond donors (Lipinski definition) is 2. The van der Waals surface area contributed by atoms with E-state index >= 15 is 0 Å². The Morgan fingerprint density at radius 3 is 2.89 bits per heavy atom. The molecule has 0 saturated carbocycles. The summed E-state index contributed by atoms with van der Waals surface area (Å²) in [5.74, 6) is -0.981. The van der Waals surface area contributed by atoms with Crippen LogP contribution in [0.2, 0.25) is 0 Å². The summed E-state index contributed by atoms with van der Waals surface area (Å²) in [7, 11) is 1.27. The number of allylic oxidation sites excluding steroid dienone is 1. The first-order valence-corrected chi connectivity index (χ1v) is 5.87. The van der Waals surface area contributed by atoms with Gasteiger partial charge in [0, 0.05) is 6.42 Å². The number of amides is 2. The highest BCUT2D eigenvalue weighted by Gasteiger charge is 2.30. The molecule has 0 bridgehead atoms. The van der Waals surface area contributed by atoms with Crippen molar-refractivity contribution in [2.45, 2.75) is 37.8 Å². The maximum absolute atomic E-state index is 11.8. The number of hydrogen-bond acceptors (Lipinski definition) is 4. The molecule has 0 unspecified atom stereocenters. The van der Waals surface area contributed by atoms with E-state index in [0.717, 1.165) is 0 Å². The van der Waals surface area contributed by atoms with E-state index in [4.69, 9.17) is 0 Å². The fraction of sp³-hybridized carbons (Fsp3) is 0.583. The normalized spacial score (nSPS) is 19.8. The zero-order chi connectivity index (χ0) is 13.5. The van der Waals surface area contributed by atoms with Crippen molar-refractivity contribution in [3.05, 3.63) is 12.7 Å². The predicted molar refractivity (Wildman–Crippen MR) is 64.5 cm³/mol. The molecule has 1 rings (SSSR count). The van der Waals surface area contributed by atoms with Crippen molar-refractivity contribution in [3.63, 3.8) is 0 Å². The van der Waals surface area contributed by atoms with E-state index in [9.17, 15) is 14.4 Å². The summed E-state index contributed by atoms with van der Waals surface area (Å²) in [6, 6.07) is -1.24. The quantitative estimate of drug-likeness (QED) is 0.511. The SMILES string of the molecule is C=CCC[C@@H](NC(=O)[C@H]1CCC(=O)N1)C(=O)OC. The molecule has 0 aromatic carbocycles. The highest BCUT2D eigenvalue weighted by molar-refractivity contribution is 5.93. The average molecular weight is 254 g/mol. The standard InChI is InChI=1S/C12H18N2O4/c1-3-4-5-9(12(17)18-2)14-11(16)8-6-7-10(15)13-8/h3,8-9H,1,4-7H2,2H3,(H,13,15)(H,14,16)/t8-,9-/m1/s1. The highest BCUT2D eigenvalue weighted by Crippen LogP contribution is 2.08. The Hall–Kier alpha value is -1.85. The highest BCUT2D eigenvalue weighted by atomic mass is 16.5. The maximum atomic E-state index is 11.8. The monoisotopic (exact) mass is 254 g/mol. The summed E-state index contributed by atoms with van der Waals surface area (Å²) < 4.78 is 4.62. The maximum Gasteiger partial charge on any atom is 0.328 e. The molecule has 0 aliphatic carbocycles. The molecule has 100 valence electrons. The molecule has 2 N–H and O–H groups in total. The fourth-order valence-electron chi connectivity index (χ4n) is 1.76. The van der Waals surface area contributed by atoms with Crippen LogP contribution in [0.3, 0.4) is 0 Å². The molecule has 1 saturated heterocycles. The lowest BCUT2D eigenvalue weighted by Crippen LogP contribution is -2.49. The van der Waals surface area contributed by atoms with Crippen molar-refractivity contribution in [2.75, 3.05) is 7.11 Å². The van der Waals surface area contributed by atoms with Gasteiger partial charge in [0.25, 0.3) is 0 Å². The minimum absolute atomic E-state index is 0.143. The van der Waals surface area contributed by atoms with Gasteiger partial charge in [-0.15, -0.1) is 6.58 Å². The first-order valence-electron chi connectivity index (χ1n) is 5.87. The van der Waals surface area contributed by atoms with Gasteiger partial charge in [-0.3, -0.25) is 9.59 Å². The van der Waals surface area contributed by atoms with Crippen LogP contribution in [-0.2, 0) is 19.1 Å². The van der Waals surface area contributed by atoms with Crippen LogP contribution < -0.4 is 10.6 Å². The lowest BCUT2D eigenvalue weighted by atomic mass is 10.1. The van der Waals surface area contributed by atoms with Crippen LogP contribution in [0.4, 0.5) is 0 Å². The molecular weight excluding hydrogens is 236 g/mol. The number of rotatable bonds is 6. The Bertz CT molecular complexity index is 354. The van der Waals surface area contributed by atoms with Gasteiger partial charge in [0.1, 0.15) is 12.1 Å². The second kappa shape index (κ2) is 6.78. The van der Waals surface area contributed by atoms with Crippen LogP contribution in [0.15, 0.2) is 12.7 Å². The summed E-state index contributed by atoms with van der Waals surface area (Å²) >= 11 is 0. The van der Waals surface area contributed by atoms with E-state index < -0.39 is 18.1 Å². The molecule has 0 spiro atoms. The number of nitrogens with one attached hydrogen (secondary N) is 2. The van der Waals surface area contributed by atoms with Crippen LogP contribution in [0.5, 0.6) is 0 Å². The van der Waals surface area contributed by atoms with E-state index in [1.54, 1.807) is 6.08 Å². The Kier molecular flexibility index (Phi) is 5.35. The molecule has 0 radical (unpaired) electrons. The zero-order valence-electron chi connectivity index (χ0n) is 10.4. The van der Waals surface area contributed by atoms with Crippen molar-refractivity contribution in [1.82, 2.24) is 10.6 Å². The molecule has 6 heteroatoms. The van der Waals surface area contributed by atoms with E-state index in [-0.39, 0.29) is 11.8 Å². The molecule has 1 aliphatic rings. The van der Waals surface area contributed by atoms with E-state index in [1.807, 2.05) is 0 Å². The van der Waals surface area contributed by atoms with Gasteiger partial charge in [-0.25, -0.2) is 4.79 Å². The Morgan fingerprint density at radius 2 is 2.39 bits per heavy atom. The van der Waals surface area contributed by atoms with Crippen LogP contribution in [-0.4, -0.2) is 37.0 Å². The Labute approximate surface area is 106 Å². The smallest absolute Gasteiger partial charge is 0.328 e. The summed E-state index contributed by atoms with van der Waals surface area (Å²) in [4.78, 5) is 34.3. The molecule has 1 fully saturated rings. The number of esters is 1. The van der Waals surface area contributed by atoms with Crippen molar-refractivity contribution < 1.29 is 19.1 Å². The van der Waals surface area contributed by atoms with Gasteiger partial charge < -0.3 is 15.4 Å². The van der Waals surface area contributed by atoms with E-state index in [2.05, 4.69) is 21.9 Å². The van der Waals surface area contributed by atoms with Crippen molar-refractivity contribution in [3.8, 4) is 0 Å². The van der Waals surface area contributed by atoms with E-state index in [1.165, 1.54) is 7.11 Å². The van der Waals surface area contributed by atoms with Crippen LogP contribution in [0.1, 0.15) is 25.7 Å². The molecule has 6 nitrogen and oxygen atoms in total.